The number of aryl methyl sites for hydroxylation is 3. The standard InChI is InChI=1S/C16H20N2O4S/c1-9(2)15-14(12(5)17-22-15)16(19)18-23(20,21)13-8-10(3)6-7-11(13)4/h6-9H,1-5H3,(H,18,19). The molecule has 124 valence electrons. The van der Waals surface area contributed by atoms with E-state index in [1.807, 2.05) is 19.9 Å². The first-order chi connectivity index (χ1) is 10.6. The molecule has 2 rings (SSSR count). The lowest BCUT2D eigenvalue weighted by Crippen LogP contribution is -2.32. The Labute approximate surface area is 135 Å². The maximum Gasteiger partial charge on any atom is 0.270 e. The van der Waals surface area contributed by atoms with E-state index in [-0.39, 0.29) is 16.4 Å². The van der Waals surface area contributed by atoms with Crippen LogP contribution in [0.1, 0.15) is 52.7 Å². The Balaban J connectivity index is 2.40. The van der Waals surface area contributed by atoms with Crippen LogP contribution in [0.15, 0.2) is 27.6 Å². The minimum absolute atomic E-state index is 0.0830. The second-order valence-electron chi connectivity index (χ2n) is 5.87. The second-order valence-corrected chi connectivity index (χ2v) is 7.52. The third-order valence-electron chi connectivity index (χ3n) is 3.50. The van der Waals surface area contributed by atoms with Crippen LogP contribution < -0.4 is 4.72 Å². The van der Waals surface area contributed by atoms with Gasteiger partial charge in [0.1, 0.15) is 5.56 Å². The number of carbonyl (C=O) groups excluding carboxylic acids is 1. The monoisotopic (exact) mass is 336 g/mol. The first kappa shape index (κ1) is 17.2. The average Bonchev–Trinajstić information content (AvgIpc) is 2.83. The summed E-state index contributed by atoms with van der Waals surface area (Å²) in [6.07, 6.45) is 0. The molecule has 0 saturated carbocycles. The highest BCUT2D eigenvalue weighted by atomic mass is 32.2. The molecule has 6 nitrogen and oxygen atoms in total. The molecule has 0 spiro atoms. The van der Waals surface area contributed by atoms with Crippen molar-refractivity contribution in [3.05, 3.63) is 46.3 Å². The molecule has 0 aliphatic carbocycles. The number of carbonyl (C=O) groups is 1. The van der Waals surface area contributed by atoms with Gasteiger partial charge in [-0.2, -0.15) is 0 Å². The molecule has 0 aliphatic rings. The minimum Gasteiger partial charge on any atom is -0.360 e. The van der Waals surface area contributed by atoms with E-state index in [9.17, 15) is 13.2 Å². The van der Waals surface area contributed by atoms with E-state index < -0.39 is 15.9 Å². The first-order valence-electron chi connectivity index (χ1n) is 7.24. The van der Waals surface area contributed by atoms with Crippen LogP contribution in [-0.4, -0.2) is 19.5 Å². The van der Waals surface area contributed by atoms with Gasteiger partial charge in [0.15, 0.2) is 5.76 Å². The molecule has 0 bridgehead atoms. The number of aromatic nitrogens is 1. The van der Waals surface area contributed by atoms with Gasteiger partial charge in [-0.25, -0.2) is 13.1 Å². The number of rotatable bonds is 4. The number of hydrogen-bond donors (Lipinski definition) is 1. The van der Waals surface area contributed by atoms with Gasteiger partial charge in [0, 0.05) is 5.92 Å². The van der Waals surface area contributed by atoms with E-state index >= 15 is 0 Å². The molecular formula is C16H20N2O4S. The Morgan fingerprint density at radius 1 is 1.22 bits per heavy atom. The predicted octanol–water partition coefficient (Wildman–Crippen LogP) is 2.84. The number of nitrogens with one attached hydrogen (secondary N) is 1. The minimum atomic E-state index is -3.97. The molecule has 1 N–H and O–H groups in total. The summed E-state index contributed by atoms with van der Waals surface area (Å²) in [5, 5.41) is 3.76. The Morgan fingerprint density at radius 2 is 1.87 bits per heavy atom. The van der Waals surface area contributed by atoms with Crippen molar-refractivity contribution in [3.8, 4) is 0 Å². The predicted molar refractivity (Wildman–Crippen MR) is 85.9 cm³/mol. The molecule has 1 amide bonds. The van der Waals surface area contributed by atoms with Gasteiger partial charge in [0.2, 0.25) is 0 Å². The summed E-state index contributed by atoms with van der Waals surface area (Å²) in [5.74, 6) is -0.440. The molecule has 0 atom stereocenters. The lowest BCUT2D eigenvalue weighted by Gasteiger charge is -2.11. The average molecular weight is 336 g/mol. The Hall–Kier alpha value is -2.15. The van der Waals surface area contributed by atoms with Crippen molar-refractivity contribution in [2.75, 3.05) is 0 Å². The fraction of sp³-hybridized carbons (Fsp3) is 0.375. The van der Waals surface area contributed by atoms with Crippen LogP contribution in [0.3, 0.4) is 0 Å². The van der Waals surface area contributed by atoms with Crippen molar-refractivity contribution in [1.29, 1.82) is 0 Å². The van der Waals surface area contributed by atoms with Gasteiger partial charge in [-0.1, -0.05) is 31.1 Å². The fourth-order valence-electron chi connectivity index (χ4n) is 2.28. The molecule has 1 heterocycles. The molecule has 1 aromatic heterocycles. The summed E-state index contributed by atoms with van der Waals surface area (Å²) in [6.45, 7) is 8.77. The molecule has 2 aromatic rings. The molecule has 0 unspecified atom stereocenters. The van der Waals surface area contributed by atoms with Crippen molar-refractivity contribution in [2.45, 2.75) is 45.4 Å². The second kappa shape index (κ2) is 6.16. The lowest BCUT2D eigenvalue weighted by atomic mass is 10.1. The summed E-state index contributed by atoms with van der Waals surface area (Å²) in [6, 6.07) is 5.06. The number of benzene rings is 1. The zero-order valence-electron chi connectivity index (χ0n) is 13.8. The van der Waals surface area contributed by atoms with Crippen LogP contribution in [0.4, 0.5) is 0 Å². The van der Waals surface area contributed by atoms with Crippen LogP contribution >= 0.6 is 0 Å². The Morgan fingerprint density at radius 3 is 2.48 bits per heavy atom. The normalized spacial score (nSPS) is 11.7. The topological polar surface area (TPSA) is 89.3 Å². The first-order valence-corrected chi connectivity index (χ1v) is 8.72. The van der Waals surface area contributed by atoms with Crippen molar-refractivity contribution in [1.82, 2.24) is 9.88 Å². The summed E-state index contributed by atoms with van der Waals surface area (Å²) in [5.41, 5.74) is 1.91. The molecule has 23 heavy (non-hydrogen) atoms. The van der Waals surface area contributed by atoms with Gasteiger partial charge >= 0.3 is 0 Å². The van der Waals surface area contributed by atoms with E-state index in [0.717, 1.165) is 5.56 Å². The third kappa shape index (κ3) is 3.44. The summed E-state index contributed by atoms with van der Waals surface area (Å²) in [7, 11) is -3.97. The summed E-state index contributed by atoms with van der Waals surface area (Å²) in [4.78, 5) is 12.5. The van der Waals surface area contributed by atoms with Crippen LogP contribution in [0.2, 0.25) is 0 Å². The van der Waals surface area contributed by atoms with E-state index in [2.05, 4.69) is 9.88 Å². The number of hydrogen-bond acceptors (Lipinski definition) is 5. The smallest absolute Gasteiger partial charge is 0.270 e. The van der Waals surface area contributed by atoms with E-state index in [0.29, 0.717) is 17.0 Å². The van der Waals surface area contributed by atoms with Crippen molar-refractivity contribution >= 4 is 15.9 Å². The van der Waals surface area contributed by atoms with Gasteiger partial charge in [0.05, 0.1) is 10.6 Å². The van der Waals surface area contributed by atoms with E-state index in [1.54, 1.807) is 26.8 Å². The number of nitrogens with zero attached hydrogens (tertiary/aromatic N) is 1. The molecular weight excluding hydrogens is 316 g/mol. The third-order valence-corrected chi connectivity index (χ3v) is 4.97. The molecule has 0 fully saturated rings. The van der Waals surface area contributed by atoms with Crippen LogP contribution in [0, 0.1) is 20.8 Å². The zero-order valence-corrected chi connectivity index (χ0v) is 14.6. The summed E-state index contributed by atoms with van der Waals surface area (Å²) >= 11 is 0. The number of amides is 1. The van der Waals surface area contributed by atoms with Crippen LogP contribution in [0.5, 0.6) is 0 Å². The number of sulfonamides is 1. The van der Waals surface area contributed by atoms with Gasteiger partial charge < -0.3 is 4.52 Å². The van der Waals surface area contributed by atoms with Gasteiger partial charge in [-0.05, 0) is 38.0 Å². The SMILES string of the molecule is Cc1ccc(C)c(S(=O)(=O)NC(=O)c2c(C)noc2C(C)C)c1. The Kier molecular flexibility index (Phi) is 4.61. The largest absolute Gasteiger partial charge is 0.360 e. The van der Waals surface area contributed by atoms with Gasteiger partial charge in [-0.15, -0.1) is 0 Å². The van der Waals surface area contributed by atoms with Crippen molar-refractivity contribution in [3.63, 3.8) is 0 Å². The highest BCUT2D eigenvalue weighted by Gasteiger charge is 2.27. The van der Waals surface area contributed by atoms with Gasteiger partial charge in [-0.3, -0.25) is 4.79 Å². The maximum absolute atomic E-state index is 12.5. The molecule has 0 saturated heterocycles. The van der Waals surface area contributed by atoms with E-state index in [4.69, 9.17) is 4.52 Å². The molecule has 7 heteroatoms. The molecule has 0 radical (unpaired) electrons. The summed E-state index contributed by atoms with van der Waals surface area (Å²) < 4.78 is 32.3. The van der Waals surface area contributed by atoms with E-state index in [1.165, 1.54) is 6.07 Å². The zero-order chi connectivity index (χ0) is 17.4. The fourth-order valence-corrected chi connectivity index (χ4v) is 3.57. The highest BCUT2D eigenvalue weighted by Crippen LogP contribution is 2.23. The molecule has 0 aliphatic heterocycles. The Bertz CT molecular complexity index is 851. The van der Waals surface area contributed by atoms with Crippen LogP contribution in [0.25, 0.3) is 0 Å². The lowest BCUT2D eigenvalue weighted by molar-refractivity contribution is 0.0978. The van der Waals surface area contributed by atoms with Crippen molar-refractivity contribution < 1.29 is 17.7 Å². The van der Waals surface area contributed by atoms with Gasteiger partial charge in [0.25, 0.3) is 15.9 Å². The highest BCUT2D eigenvalue weighted by molar-refractivity contribution is 7.90. The maximum atomic E-state index is 12.5. The van der Waals surface area contributed by atoms with Crippen LogP contribution in [-0.2, 0) is 10.0 Å². The quantitative estimate of drug-likeness (QED) is 0.927. The molecule has 1 aromatic carbocycles. The van der Waals surface area contributed by atoms with Crippen molar-refractivity contribution in [2.24, 2.45) is 0 Å².